The Kier molecular flexibility index (Phi) is 4.45. The van der Waals surface area contributed by atoms with Crippen molar-refractivity contribution in [3.05, 3.63) is 26.9 Å². The predicted octanol–water partition coefficient (Wildman–Crippen LogP) is -0.963. The molecule has 0 aliphatic heterocycles. The number of aromatic amines is 1. The molecular formula is C5H7N3O2SZn. The summed E-state index contributed by atoms with van der Waals surface area (Å²) in [5, 5.41) is 5.64. The molecule has 0 bridgehead atoms. The van der Waals surface area contributed by atoms with Crippen LogP contribution in [0.4, 0.5) is 0 Å². The van der Waals surface area contributed by atoms with Crippen LogP contribution in [-0.4, -0.2) is 9.55 Å². The van der Waals surface area contributed by atoms with Crippen LogP contribution in [0.1, 0.15) is 0 Å². The number of aromatic nitrogens is 2. The number of hydrogen-bond donors (Lipinski definition) is 2. The molecule has 0 atom stereocenters. The van der Waals surface area contributed by atoms with Gasteiger partial charge in [-0.3, -0.25) is 19.5 Å². The van der Waals surface area contributed by atoms with E-state index in [2.05, 4.69) is 4.98 Å². The van der Waals surface area contributed by atoms with Crippen molar-refractivity contribution in [3.63, 3.8) is 0 Å². The summed E-state index contributed by atoms with van der Waals surface area (Å²) in [4.78, 5) is 23.6. The van der Waals surface area contributed by atoms with Crippen molar-refractivity contribution in [2.24, 2.45) is 12.2 Å². The Balaban J connectivity index is 0.00000121. The Morgan fingerprint density at radius 1 is 1.58 bits per heavy atom. The minimum atomic E-state index is -0.453. The maximum Gasteiger partial charge on any atom is 0.328 e. The van der Waals surface area contributed by atoms with Gasteiger partial charge in [-0.05, 0) is 11.9 Å². The third kappa shape index (κ3) is 2.30. The number of nitrogens with one attached hydrogen (secondary N) is 1. The van der Waals surface area contributed by atoms with E-state index in [9.17, 15) is 9.59 Å². The summed E-state index contributed by atoms with van der Waals surface area (Å²) in [6.07, 6.45) is 0. The van der Waals surface area contributed by atoms with Crippen molar-refractivity contribution in [2.75, 3.05) is 0 Å². The van der Waals surface area contributed by atoms with E-state index in [0.29, 0.717) is 5.03 Å². The van der Waals surface area contributed by atoms with Crippen LogP contribution in [-0.2, 0) is 26.5 Å². The normalized spacial score (nSPS) is 9.17. The van der Waals surface area contributed by atoms with Gasteiger partial charge in [-0.2, -0.15) is 0 Å². The first-order chi connectivity index (χ1) is 5.15. The predicted molar refractivity (Wildman–Crippen MR) is 42.3 cm³/mol. The number of nitrogens with two attached hydrogens (primary N) is 1. The smallest absolute Gasteiger partial charge is 0.290 e. The van der Waals surface area contributed by atoms with E-state index < -0.39 is 11.2 Å². The molecule has 0 fully saturated rings. The molecule has 1 heterocycles. The van der Waals surface area contributed by atoms with Crippen molar-refractivity contribution in [3.8, 4) is 0 Å². The Morgan fingerprint density at radius 2 is 2.17 bits per heavy atom. The minimum Gasteiger partial charge on any atom is -0.290 e. The molecule has 0 aliphatic rings. The van der Waals surface area contributed by atoms with Crippen molar-refractivity contribution >= 4 is 11.9 Å². The average molecular weight is 239 g/mol. The number of hydrogen-bond acceptors (Lipinski definition) is 4. The molecule has 62 valence electrons. The van der Waals surface area contributed by atoms with Crippen LogP contribution in [0.2, 0.25) is 0 Å². The number of nitrogens with zero attached hydrogens (tertiary/aromatic N) is 1. The van der Waals surface area contributed by atoms with Crippen LogP contribution >= 0.6 is 11.9 Å². The third-order valence-electron chi connectivity index (χ3n) is 1.24. The zero-order chi connectivity index (χ0) is 8.43. The van der Waals surface area contributed by atoms with Gasteiger partial charge in [0.15, 0.2) is 0 Å². The van der Waals surface area contributed by atoms with Crippen LogP contribution in [0.5, 0.6) is 0 Å². The molecule has 1 aromatic rings. The fraction of sp³-hybridized carbons (Fsp3) is 0.200. The SMILES string of the molecule is Cn1c(SN)cc(=O)[nH]c1=O.[Zn]. The van der Waals surface area contributed by atoms with Crippen molar-refractivity contribution in [2.45, 2.75) is 5.03 Å². The molecule has 12 heavy (non-hydrogen) atoms. The van der Waals surface area contributed by atoms with Crippen LogP contribution in [0.3, 0.4) is 0 Å². The summed E-state index contributed by atoms with van der Waals surface area (Å²) >= 11 is 0.867. The largest absolute Gasteiger partial charge is 0.328 e. The fourth-order valence-electron chi connectivity index (χ4n) is 0.647. The first-order valence-electron chi connectivity index (χ1n) is 2.82. The second kappa shape index (κ2) is 4.59. The Bertz CT molecular complexity index is 372. The van der Waals surface area contributed by atoms with Crippen molar-refractivity contribution in [1.82, 2.24) is 9.55 Å². The maximum absolute atomic E-state index is 10.9. The Morgan fingerprint density at radius 3 is 2.67 bits per heavy atom. The zero-order valence-electron chi connectivity index (χ0n) is 6.53. The summed E-state index contributed by atoms with van der Waals surface area (Å²) in [5.41, 5.74) is -0.883. The minimum absolute atomic E-state index is 0. The van der Waals surface area contributed by atoms with Crippen molar-refractivity contribution < 1.29 is 19.5 Å². The molecule has 0 spiro atoms. The van der Waals surface area contributed by atoms with Gasteiger partial charge in [0.25, 0.3) is 5.56 Å². The van der Waals surface area contributed by atoms with E-state index in [1.54, 1.807) is 0 Å². The summed E-state index contributed by atoms with van der Waals surface area (Å²) in [7, 11) is 1.54. The quantitative estimate of drug-likeness (QED) is 0.375. The van der Waals surface area contributed by atoms with Gasteiger partial charge < -0.3 is 0 Å². The molecule has 1 aromatic heterocycles. The summed E-state index contributed by atoms with van der Waals surface area (Å²) in [6.45, 7) is 0. The second-order valence-corrected chi connectivity index (χ2v) is 2.61. The van der Waals surface area contributed by atoms with Gasteiger partial charge >= 0.3 is 5.69 Å². The molecule has 0 aromatic carbocycles. The molecular weight excluding hydrogens is 232 g/mol. The van der Waals surface area contributed by atoms with E-state index in [0.717, 1.165) is 11.9 Å². The molecule has 7 heteroatoms. The average Bonchev–Trinajstić information content (AvgIpc) is 1.96. The van der Waals surface area contributed by atoms with Gasteiger partial charge in [-0.25, -0.2) is 4.79 Å². The topological polar surface area (TPSA) is 80.9 Å². The van der Waals surface area contributed by atoms with E-state index in [4.69, 9.17) is 5.14 Å². The van der Waals surface area contributed by atoms with Gasteiger partial charge in [-0.15, -0.1) is 0 Å². The van der Waals surface area contributed by atoms with E-state index in [1.807, 2.05) is 0 Å². The van der Waals surface area contributed by atoms with Gasteiger partial charge in [0, 0.05) is 32.6 Å². The molecule has 5 nitrogen and oxygen atoms in total. The van der Waals surface area contributed by atoms with E-state index in [-0.39, 0.29) is 19.5 Å². The summed E-state index contributed by atoms with van der Waals surface area (Å²) < 4.78 is 1.27. The Hall–Kier alpha value is -0.387. The molecule has 0 aliphatic carbocycles. The summed E-state index contributed by atoms with van der Waals surface area (Å²) in [6, 6.07) is 1.27. The monoisotopic (exact) mass is 237 g/mol. The number of rotatable bonds is 1. The van der Waals surface area contributed by atoms with E-state index in [1.165, 1.54) is 17.7 Å². The van der Waals surface area contributed by atoms with Gasteiger partial charge in [0.2, 0.25) is 0 Å². The van der Waals surface area contributed by atoms with Crippen LogP contribution < -0.4 is 16.4 Å². The molecule has 3 N–H and O–H groups in total. The first-order valence-corrected chi connectivity index (χ1v) is 3.70. The van der Waals surface area contributed by atoms with Gasteiger partial charge in [0.1, 0.15) is 0 Å². The standard InChI is InChI=1S/C5H7N3O2S.Zn/c1-8-4(11-6)2-3(9)7-5(8)10;/h2H,6H2,1H3,(H,7,9,10);. The Labute approximate surface area is 85.3 Å². The first kappa shape index (κ1) is 11.6. The number of H-pyrrole nitrogens is 1. The van der Waals surface area contributed by atoms with Crippen molar-refractivity contribution in [1.29, 1.82) is 0 Å². The van der Waals surface area contributed by atoms with Crippen LogP contribution in [0.25, 0.3) is 0 Å². The van der Waals surface area contributed by atoms with E-state index >= 15 is 0 Å². The molecule has 0 saturated heterocycles. The fourth-order valence-corrected chi connectivity index (χ4v) is 1.06. The zero-order valence-corrected chi connectivity index (χ0v) is 10.3. The third-order valence-corrected chi connectivity index (χ3v) is 1.87. The van der Waals surface area contributed by atoms with Gasteiger partial charge in [0.05, 0.1) is 5.03 Å². The molecule has 1 rings (SSSR count). The molecule has 0 amide bonds. The molecule has 0 radical (unpaired) electrons. The van der Waals surface area contributed by atoms with Gasteiger partial charge in [-0.1, -0.05) is 0 Å². The molecule has 0 unspecified atom stereocenters. The second-order valence-electron chi connectivity index (χ2n) is 1.95. The van der Waals surface area contributed by atoms with Crippen LogP contribution in [0.15, 0.2) is 20.7 Å². The summed E-state index contributed by atoms with van der Waals surface area (Å²) in [5.74, 6) is 0. The maximum atomic E-state index is 10.9. The molecule has 0 saturated carbocycles. The van der Waals surface area contributed by atoms with Crippen LogP contribution in [0, 0.1) is 0 Å².